The maximum atomic E-state index is 5.20. The molecule has 0 bridgehead atoms. The summed E-state index contributed by atoms with van der Waals surface area (Å²) in [5.41, 5.74) is 4.69. The Labute approximate surface area is 161 Å². The summed E-state index contributed by atoms with van der Waals surface area (Å²) in [6.07, 6.45) is 0.874. The fourth-order valence-corrected chi connectivity index (χ4v) is 2.59. The van der Waals surface area contributed by atoms with Crippen LogP contribution in [0.15, 0.2) is 33.8 Å². The standard InChI is InChI=1S/C18H26N4O.HI/c1-13-6-8-16(9-7-13)12-22(5)18(19-4)20-11-10-17-14(2)21-23-15(17)3;/h6-9H,10-12H2,1-5H3,(H,19,20);1H. The Morgan fingerprint density at radius 1 is 1.21 bits per heavy atom. The number of aliphatic imine (C=N–C) groups is 1. The van der Waals surface area contributed by atoms with Crippen LogP contribution in [0.1, 0.15) is 28.1 Å². The number of hydrogen-bond acceptors (Lipinski definition) is 3. The van der Waals surface area contributed by atoms with Crippen LogP contribution in [0.5, 0.6) is 0 Å². The molecule has 0 aliphatic rings. The van der Waals surface area contributed by atoms with Crippen LogP contribution in [0.25, 0.3) is 0 Å². The molecule has 0 aliphatic heterocycles. The summed E-state index contributed by atoms with van der Waals surface area (Å²) in [5.74, 6) is 1.78. The smallest absolute Gasteiger partial charge is 0.193 e. The van der Waals surface area contributed by atoms with E-state index in [2.05, 4.69) is 51.6 Å². The van der Waals surface area contributed by atoms with Crippen molar-refractivity contribution in [3.63, 3.8) is 0 Å². The van der Waals surface area contributed by atoms with E-state index in [1.165, 1.54) is 16.7 Å². The van der Waals surface area contributed by atoms with Crippen molar-refractivity contribution in [1.29, 1.82) is 0 Å². The van der Waals surface area contributed by atoms with Crippen LogP contribution < -0.4 is 5.32 Å². The van der Waals surface area contributed by atoms with Gasteiger partial charge in [0.05, 0.1) is 5.69 Å². The number of halogens is 1. The predicted molar refractivity (Wildman–Crippen MR) is 109 cm³/mol. The third kappa shape index (κ3) is 5.51. The average molecular weight is 442 g/mol. The zero-order valence-electron chi connectivity index (χ0n) is 15.1. The molecule has 0 amide bonds. The number of guanidine groups is 1. The summed E-state index contributed by atoms with van der Waals surface area (Å²) in [4.78, 5) is 6.48. The Balaban J connectivity index is 0.00000288. The van der Waals surface area contributed by atoms with Crippen LogP contribution in [-0.4, -0.2) is 36.7 Å². The molecule has 1 N–H and O–H groups in total. The van der Waals surface area contributed by atoms with Crippen LogP contribution in [-0.2, 0) is 13.0 Å². The Kier molecular flexibility index (Phi) is 8.24. The first kappa shape index (κ1) is 20.5. The molecule has 0 atom stereocenters. The molecule has 6 heteroatoms. The van der Waals surface area contributed by atoms with Crippen molar-refractivity contribution in [2.24, 2.45) is 4.99 Å². The normalized spacial score (nSPS) is 11.1. The molecule has 2 rings (SSSR count). The predicted octanol–water partition coefficient (Wildman–Crippen LogP) is 3.47. The van der Waals surface area contributed by atoms with E-state index in [-0.39, 0.29) is 24.0 Å². The van der Waals surface area contributed by atoms with Gasteiger partial charge in [-0.25, -0.2) is 0 Å². The van der Waals surface area contributed by atoms with Crippen molar-refractivity contribution in [1.82, 2.24) is 15.4 Å². The van der Waals surface area contributed by atoms with Gasteiger partial charge in [0.1, 0.15) is 5.76 Å². The Morgan fingerprint density at radius 3 is 2.42 bits per heavy atom. The third-order valence-electron chi connectivity index (χ3n) is 3.95. The van der Waals surface area contributed by atoms with Crippen molar-refractivity contribution in [3.05, 3.63) is 52.4 Å². The lowest BCUT2D eigenvalue weighted by Gasteiger charge is -2.22. The summed E-state index contributed by atoms with van der Waals surface area (Å²) in [7, 11) is 3.86. The molecule has 0 unspecified atom stereocenters. The van der Waals surface area contributed by atoms with E-state index in [1.807, 2.05) is 27.9 Å². The van der Waals surface area contributed by atoms with Gasteiger partial charge in [-0.3, -0.25) is 4.99 Å². The van der Waals surface area contributed by atoms with Crippen LogP contribution in [0.3, 0.4) is 0 Å². The quantitative estimate of drug-likeness (QED) is 0.438. The lowest BCUT2D eigenvalue weighted by Crippen LogP contribution is -2.39. The first-order valence-electron chi connectivity index (χ1n) is 7.90. The van der Waals surface area contributed by atoms with Crippen LogP contribution >= 0.6 is 24.0 Å². The lowest BCUT2D eigenvalue weighted by atomic mass is 10.1. The molecule has 132 valence electrons. The summed E-state index contributed by atoms with van der Waals surface area (Å²) in [6.45, 7) is 7.65. The van der Waals surface area contributed by atoms with E-state index in [0.717, 1.165) is 36.9 Å². The molecule has 0 saturated carbocycles. The summed E-state index contributed by atoms with van der Waals surface area (Å²) >= 11 is 0. The highest BCUT2D eigenvalue weighted by atomic mass is 127. The minimum Gasteiger partial charge on any atom is -0.361 e. The molecule has 5 nitrogen and oxygen atoms in total. The molecule has 0 spiro atoms. The van der Waals surface area contributed by atoms with Gasteiger partial charge in [0, 0.05) is 32.7 Å². The number of nitrogens with zero attached hydrogens (tertiary/aromatic N) is 3. The first-order chi connectivity index (χ1) is 11.0. The number of aromatic nitrogens is 1. The molecular formula is C18H27IN4O. The van der Waals surface area contributed by atoms with Crippen molar-refractivity contribution >= 4 is 29.9 Å². The van der Waals surface area contributed by atoms with E-state index in [4.69, 9.17) is 4.52 Å². The number of rotatable bonds is 5. The number of hydrogen-bond donors (Lipinski definition) is 1. The molecule has 0 aliphatic carbocycles. The molecule has 0 saturated heterocycles. The van der Waals surface area contributed by atoms with Gasteiger partial charge < -0.3 is 14.7 Å². The van der Waals surface area contributed by atoms with Crippen LogP contribution in [0, 0.1) is 20.8 Å². The van der Waals surface area contributed by atoms with E-state index in [1.54, 1.807) is 0 Å². The Bertz CT molecular complexity index is 645. The average Bonchev–Trinajstić information content (AvgIpc) is 2.85. The second-order valence-corrected chi connectivity index (χ2v) is 5.87. The molecule has 0 radical (unpaired) electrons. The number of aryl methyl sites for hydroxylation is 3. The van der Waals surface area contributed by atoms with Crippen molar-refractivity contribution in [2.45, 2.75) is 33.7 Å². The monoisotopic (exact) mass is 442 g/mol. The second-order valence-electron chi connectivity index (χ2n) is 5.87. The first-order valence-corrected chi connectivity index (χ1v) is 7.90. The second kappa shape index (κ2) is 9.66. The van der Waals surface area contributed by atoms with Gasteiger partial charge >= 0.3 is 0 Å². The zero-order valence-corrected chi connectivity index (χ0v) is 17.4. The molecule has 0 fully saturated rings. The largest absolute Gasteiger partial charge is 0.361 e. The molecule has 1 heterocycles. The highest BCUT2D eigenvalue weighted by molar-refractivity contribution is 14.0. The molecule has 2 aromatic rings. The molecular weight excluding hydrogens is 415 g/mol. The van der Waals surface area contributed by atoms with E-state index in [0.29, 0.717) is 0 Å². The third-order valence-corrected chi connectivity index (χ3v) is 3.95. The fraction of sp³-hybridized carbons (Fsp3) is 0.444. The zero-order chi connectivity index (χ0) is 16.8. The number of nitrogens with one attached hydrogen (secondary N) is 1. The highest BCUT2D eigenvalue weighted by Crippen LogP contribution is 2.12. The van der Waals surface area contributed by atoms with Gasteiger partial charge in [0.15, 0.2) is 5.96 Å². The maximum Gasteiger partial charge on any atom is 0.193 e. The Morgan fingerprint density at radius 2 is 1.88 bits per heavy atom. The summed E-state index contributed by atoms with van der Waals surface area (Å²) in [5, 5.41) is 7.39. The van der Waals surface area contributed by atoms with Gasteiger partial charge in [-0.05, 0) is 32.8 Å². The van der Waals surface area contributed by atoms with Gasteiger partial charge in [-0.1, -0.05) is 35.0 Å². The SMILES string of the molecule is CN=C(NCCc1c(C)noc1C)N(C)Cc1ccc(C)cc1.I. The van der Waals surface area contributed by atoms with E-state index in [9.17, 15) is 0 Å². The summed E-state index contributed by atoms with van der Waals surface area (Å²) < 4.78 is 5.20. The maximum absolute atomic E-state index is 5.20. The van der Waals surface area contributed by atoms with Crippen molar-refractivity contribution in [2.75, 3.05) is 20.6 Å². The summed E-state index contributed by atoms with van der Waals surface area (Å²) in [6, 6.07) is 8.58. The van der Waals surface area contributed by atoms with Crippen LogP contribution in [0.4, 0.5) is 0 Å². The lowest BCUT2D eigenvalue weighted by molar-refractivity contribution is 0.392. The minimum absolute atomic E-state index is 0. The topological polar surface area (TPSA) is 53.7 Å². The van der Waals surface area contributed by atoms with Gasteiger partial charge in [0.2, 0.25) is 0 Å². The van der Waals surface area contributed by atoms with Crippen molar-refractivity contribution < 1.29 is 4.52 Å². The van der Waals surface area contributed by atoms with E-state index < -0.39 is 0 Å². The molecule has 1 aromatic heterocycles. The molecule has 1 aromatic carbocycles. The minimum atomic E-state index is 0. The number of benzene rings is 1. The fourth-order valence-electron chi connectivity index (χ4n) is 2.59. The van der Waals surface area contributed by atoms with Gasteiger partial charge in [-0.2, -0.15) is 0 Å². The van der Waals surface area contributed by atoms with Crippen LogP contribution in [0.2, 0.25) is 0 Å². The van der Waals surface area contributed by atoms with E-state index >= 15 is 0 Å². The van der Waals surface area contributed by atoms with Gasteiger partial charge in [-0.15, -0.1) is 24.0 Å². The Hall–Kier alpha value is -1.57. The van der Waals surface area contributed by atoms with Crippen molar-refractivity contribution in [3.8, 4) is 0 Å². The molecule has 24 heavy (non-hydrogen) atoms. The van der Waals surface area contributed by atoms with Gasteiger partial charge in [0.25, 0.3) is 0 Å². The highest BCUT2D eigenvalue weighted by Gasteiger charge is 2.10.